The molecule has 0 saturated carbocycles. The van der Waals surface area contributed by atoms with Crippen LogP contribution < -0.4 is 15.1 Å². The van der Waals surface area contributed by atoms with Crippen LogP contribution in [-0.4, -0.2) is 24.7 Å². The molecule has 0 rings (SSSR count). The van der Waals surface area contributed by atoms with Crippen LogP contribution in [0, 0.1) is 39.9 Å². The van der Waals surface area contributed by atoms with Gasteiger partial charge in [-0.1, -0.05) is 0 Å². The molecule has 0 atom stereocenters. The molecule has 0 aliphatic rings. The Balaban J connectivity index is -0.0000000450. The van der Waals surface area contributed by atoms with Crippen LogP contribution in [-0.2, 0) is 0 Å². The van der Waals surface area contributed by atoms with Gasteiger partial charge in [0.1, 0.15) is 0 Å². The first-order valence-electron chi connectivity index (χ1n) is 0.707. The van der Waals surface area contributed by atoms with Crippen molar-refractivity contribution in [3.05, 3.63) is 0 Å². The molecule has 0 heterocycles. The summed E-state index contributed by atoms with van der Waals surface area (Å²) < 4.78 is 0. The first-order chi connectivity index (χ1) is 1.73. The maximum Gasteiger partial charge on any atom is 3.00 e. The van der Waals surface area contributed by atoms with E-state index in [0.29, 0.717) is 0 Å². The van der Waals surface area contributed by atoms with Crippen LogP contribution in [0.2, 0.25) is 0 Å². The van der Waals surface area contributed by atoms with E-state index in [-0.39, 0.29) is 57.3 Å². The van der Waals surface area contributed by atoms with Crippen LogP contribution >= 0.6 is 0 Å². The Bertz CT molecular complexity index is 15.5. The third-order valence-electron chi connectivity index (χ3n) is 0. The molecule has 0 aliphatic carbocycles. The molecule has 0 unspecified atom stereocenters. The molecule has 0 spiro atoms. The molecule has 0 aromatic heterocycles. The maximum absolute atomic E-state index is 8.42. The maximum atomic E-state index is 8.42. The van der Waals surface area contributed by atoms with Gasteiger partial charge in [0.25, 0.3) is 0 Å². The quantitative estimate of drug-likeness (QED) is 0.404. The zero-order chi connectivity index (χ0) is 3.58. The first kappa shape index (κ1) is 15.7. The van der Waals surface area contributed by atoms with Gasteiger partial charge in [-0.2, -0.15) is 0 Å². The van der Waals surface area contributed by atoms with Crippen LogP contribution in [0.4, 0.5) is 0 Å². The largest absolute Gasteiger partial charge is 3.00 e. The van der Waals surface area contributed by atoms with E-state index < -0.39 is 7.32 Å². The second kappa shape index (κ2) is 9.93. The molecule has 0 N–H and O–H groups in total. The van der Waals surface area contributed by atoms with Crippen molar-refractivity contribution in [3.63, 3.8) is 0 Å². The van der Waals surface area contributed by atoms with Gasteiger partial charge >= 0.3 is 57.3 Å². The van der Waals surface area contributed by atoms with Crippen molar-refractivity contribution in [1.82, 2.24) is 0 Å². The van der Waals surface area contributed by atoms with Gasteiger partial charge in [-0.3, -0.25) is 7.32 Å². The van der Waals surface area contributed by atoms with E-state index in [2.05, 4.69) is 0 Å². The molecular formula is AlBGdO3+3. The SMILES string of the molecule is [Al+3].[Gd+3].[O-]B([O-])[O-]. The minimum absolute atomic E-state index is 0. The third-order valence-corrected chi connectivity index (χ3v) is 0. The second-order valence-corrected chi connectivity index (χ2v) is 0.289. The standard InChI is InChI=1S/Al.BO3.Gd/c;2-1(3)4;/q+3;-3;+3. The summed E-state index contributed by atoms with van der Waals surface area (Å²) in [4.78, 5) is 0. The van der Waals surface area contributed by atoms with Gasteiger partial charge in [0.2, 0.25) is 0 Å². The van der Waals surface area contributed by atoms with Gasteiger partial charge in [0.15, 0.2) is 0 Å². The molecule has 0 aliphatic heterocycles. The summed E-state index contributed by atoms with van der Waals surface area (Å²) in [6.07, 6.45) is 0. The Kier molecular flexibility index (Phi) is 25.9. The van der Waals surface area contributed by atoms with E-state index in [1.54, 1.807) is 0 Å². The summed E-state index contributed by atoms with van der Waals surface area (Å²) in [5.74, 6) is 0. The Morgan fingerprint density at radius 1 is 1.00 bits per heavy atom. The van der Waals surface area contributed by atoms with Gasteiger partial charge in [-0.25, -0.2) is 0 Å². The van der Waals surface area contributed by atoms with Gasteiger partial charge in [0, 0.05) is 0 Å². The molecule has 0 fully saturated rings. The molecule has 0 amide bonds. The zero-order valence-corrected chi connectivity index (χ0v) is 6.16. The fraction of sp³-hybridized carbons (Fsp3) is 0. The first-order valence-corrected chi connectivity index (χ1v) is 0.707. The molecule has 6 heavy (non-hydrogen) atoms. The Morgan fingerprint density at radius 2 is 1.00 bits per heavy atom. The fourth-order valence-electron chi connectivity index (χ4n) is 0. The van der Waals surface area contributed by atoms with Crippen LogP contribution in [0.3, 0.4) is 0 Å². The molecule has 0 bridgehead atoms. The summed E-state index contributed by atoms with van der Waals surface area (Å²) >= 11 is 0. The van der Waals surface area contributed by atoms with Gasteiger partial charge < -0.3 is 15.1 Å². The van der Waals surface area contributed by atoms with E-state index in [4.69, 9.17) is 15.1 Å². The smallest absolute Gasteiger partial charge is 0.907 e. The van der Waals surface area contributed by atoms with Crippen molar-refractivity contribution in [2.75, 3.05) is 0 Å². The molecule has 3 nitrogen and oxygen atoms in total. The van der Waals surface area contributed by atoms with E-state index >= 15 is 0 Å². The van der Waals surface area contributed by atoms with Crippen molar-refractivity contribution in [2.45, 2.75) is 0 Å². The molecule has 0 aromatic carbocycles. The average Bonchev–Trinajstić information content (AvgIpc) is 0.811. The number of hydrogen-bond acceptors (Lipinski definition) is 3. The van der Waals surface area contributed by atoms with Crippen molar-refractivity contribution < 1.29 is 55.0 Å². The predicted octanol–water partition coefficient (Wildman–Crippen LogP) is -4.33. The topological polar surface area (TPSA) is 69.2 Å². The van der Waals surface area contributed by atoms with Crippen LogP contribution in [0.15, 0.2) is 0 Å². The van der Waals surface area contributed by atoms with Gasteiger partial charge in [-0.15, -0.1) is 0 Å². The van der Waals surface area contributed by atoms with Crippen molar-refractivity contribution in [1.29, 1.82) is 0 Å². The van der Waals surface area contributed by atoms with E-state index in [1.807, 2.05) is 0 Å². The average molecular weight is 243 g/mol. The predicted molar refractivity (Wildman–Crippen MR) is 11.5 cm³/mol. The van der Waals surface area contributed by atoms with E-state index in [0.717, 1.165) is 0 Å². The summed E-state index contributed by atoms with van der Waals surface area (Å²) in [5.41, 5.74) is 0. The number of rotatable bonds is 0. The van der Waals surface area contributed by atoms with Crippen molar-refractivity contribution in [2.24, 2.45) is 0 Å². The van der Waals surface area contributed by atoms with Crippen LogP contribution in [0.25, 0.3) is 0 Å². The summed E-state index contributed by atoms with van der Waals surface area (Å²) in [7, 11) is -2.92. The Morgan fingerprint density at radius 3 is 1.00 bits per heavy atom. The minimum Gasteiger partial charge on any atom is -0.907 e. The second-order valence-electron chi connectivity index (χ2n) is 0.289. The van der Waals surface area contributed by atoms with Crippen LogP contribution in [0.5, 0.6) is 0 Å². The molecule has 0 aromatic rings. The monoisotopic (exact) mass is 244 g/mol. The molecular weight excluding hydrogens is 243 g/mol. The normalized spacial score (nSPS) is 4.50. The van der Waals surface area contributed by atoms with Gasteiger partial charge in [0.05, 0.1) is 0 Å². The molecule has 6 heteroatoms. The third kappa shape index (κ3) is 41.2. The Hall–Kier alpha value is 1.80. The summed E-state index contributed by atoms with van der Waals surface area (Å²) in [6, 6.07) is 0. The molecule has 1 radical (unpaired) electrons. The van der Waals surface area contributed by atoms with Gasteiger partial charge in [-0.05, 0) is 0 Å². The van der Waals surface area contributed by atoms with Crippen molar-refractivity contribution >= 4 is 24.7 Å². The van der Waals surface area contributed by atoms with Crippen LogP contribution in [0.1, 0.15) is 0 Å². The van der Waals surface area contributed by atoms with Crippen molar-refractivity contribution in [3.8, 4) is 0 Å². The zero-order valence-electron chi connectivity index (χ0n) is 2.73. The number of hydrogen-bond donors (Lipinski definition) is 0. The summed E-state index contributed by atoms with van der Waals surface area (Å²) in [6.45, 7) is 0. The molecule has 29 valence electrons. The molecule has 0 saturated heterocycles. The summed E-state index contributed by atoms with van der Waals surface area (Å²) in [5, 5.41) is 25.2. The fourth-order valence-corrected chi connectivity index (χ4v) is 0. The van der Waals surface area contributed by atoms with E-state index in [1.165, 1.54) is 0 Å². The minimum atomic E-state index is -2.92. The Labute approximate surface area is 78.7 Å². The van der Waals surface area contributed by atoms with E-state index in [9.17, 15) is 0 Å².